The van der Waals surface area contributed by atoms with E-state index in [0.29, 0.717) is 10.4 Å². The first kappa shape index (κ1) is 12.0. The molecule has 5 heteroatoms. The highest BCUT2D eigenvalue weighted by atomic mass is 79.9. The van der Waals surface area contributed by atoms with E-state index in [4.69, 9.17) is 9.52 Å². The van der Waals surface area contributed by atoms with Gasteiger partial charge in [-0.15, -0.1) is 0 Å². The van der Waals surface area contributed by atoms with Crippen molar-refractivity contribution in [2.75, 3.05) is 6.61 Å². The van der Waals surface area contributed by atoms with Gasteiger partial charge in [0.1, 0.15) is 5.76 Å². The summed E-state index contributed by atoms with van der Waals surface area (Å²) in [5.74, 6) is 0.331. The molecule has 0 aliphatic rings. The lowest BCUT2D eigenvalue weighted by atomic mass is 10.3. The highest BCUT2D eigenvalue weighted by molar-refractivity contribution is 9.10. The molecule has 0 radical (unpaired) electrons. The van der Waals surface area contributed by atoms with Gasteiger partial charge in [-0.3, -0.25) is 4.79 Å². The van der Waals surface area contributed by atoms with Crippen LogP contribution in [0.15, 0.2) is 27.3 Å². The van der Waals surface area contributed by atoms with E-state index in [-0.39, 0.29) is 18.6 Å². The van der Waals surface area contributed by atoms with Gasteiger partial charge in [-0.1, -0.05) is 0 Å². The quantitative estimate of drug-likeness (QED) is 0.819. The van der Waals surface area contributed by atoms with Crippen molar-refractivity contribution in [3.05, 3.63) is 28.6 Å². The molecule has 82 valence electrons. The van der Waals surface area contributed by atoms with Crippen molar-refractivity contribution in [3.8, 4) is 0 Å². The Morgan fingerprint density at radius 3 is 3.00 bits per heavy atom. The summed E-state index contributed by atoms with van der Waals surface area (Å²) in [4.78, 5) is 11.2. The topological polar surface area (TPSA) is 62.5 Å². The molecule has 0 saturated heterocycles. The number of aliphatic hydroxyl groups excluding tert-OH is 1. The fraction of sp³-hybridized carbons (Fsp3) is 0.300. The van der Waals surface area contributed by atoms with Gasteiger partial charge in [0.15, 0.2) is 4.67 Å². The second-order valence-electron chi connectivity index (χ2n) is 3.07. The van der Waals surface area contributed by atoms with Gasteiger partial charge in [-0.2, -0.15) is 0 Å². The van der Waals surface area contributed by atoms with Gasteiger partial charge in [0, 0.05) is 12.1 Å². The molecule has 0 saturated carbocycles. The molecule has 0 spiro atoms. The largest absolute Gasteiger partial charge is 0.450 e. The third kappa shape index (κ3) is 4.31. The smallest absolute Gasteiger partial charge is 0.244 e. The number of halogens is 1. The van der Waals surface area contributed by atoms with Crippen molar-refractivity contribution in [1.82, 2.24) is 5.32 Å². The van der Waals surface area contributed by atoms with Crippen LogP contribution in [0.25, 0.3) is 6.08 Å². The van der Waals surface area contributed by atoms with E-state index in [1.165, 1.54) is 6.08 Å². The van der Waals surface area contributed by atoms with Gasteiger partial charge in [-0.05, 0) is 41.1 Å². The average Bonchev–Trinajstić information content (AvgIpc) is 2.61. The molecule has 1 rings (SSSR count). The van der Waals surface area contributed by atoms with Crippen LogP contribution in [0.3, 0.4) is 0 Å². The van der Waals surface area contributed by atoms with E-state index in [9.17, 15) is 4.79 Å². The summed E-state index contributed by atoms with van der Waals surface area (Å²) in [6, 6.07) is 3.24. The van der Waals surface area contributed by atoms with E-state index >= 15 is 0 Å². The molecule has 0 fully saturated rings. The summed E-state index contributed by atoms with van der Waals surface area (Å²) in [5.41, 5.74) is 0. The zero-order valence-electron chi connectivity index (χ0n) is 8.24. The standard InChI is InChI=1S/C10H12BrNO3/c1-7(6-13)12-10(14)5-3-8-2-4-9(11)15-8/h2-5,7,13H,6H2,1H3,(H,12,14)/b5-3+. The van der Waals surface area contributed by atoms with Crippen molar-refractivity contribution in [2.24, 2.45) is 0 Å². The molecule has 0 aliphatic heterocycles. The lowest BCUT2D eigenvalue weighted by molar-refractivity contribution is -0.117. The van der Waals surface area contributed by atoms with Gasteiger partial charge >= 0.3 is 0 Å². The third-order valence-corrected chi connectivity index (χ3v) is 2.08. The van der Waals surface area contributed by atoms with Crippen LogP contribution < -0.4 is 5.32 Å². The summed E-state index contributed by atoms with van der Waals surface area (Å²) in [5, 5.41) is 11.3. The van der Waals surface area contributed by atoms with Crippen LogP contribution in [0.5, 0.6) is 0 Å². The molecular formula is C10H12BrNO3. The predicted octanol–water partition coefficient (Wildman–Crippen LogP) is 1.55. The van der Waals surface area contributed by atoms with Crippen LogP contribution in [0.2, 0.25) is 0 Å². The maximum Gasteiger partial charge on any atom is 0.244 e. The summed E-state index contributed by atoms with van der Waals surface area (Å²) in [7, 11) is 0. The van der Waals surface area contributed by atoms with Crippen LogP contribution in [-0.4, -0.2) is 23.7 Å². The first-order valence-corrected chi connectivity index (χ1v) is 5.26. The first-order valence-electron chi connectivity index (χ1n) is 4.46. The van der Waals surface area contributed by atoms with Gasteiger partial charge in [0.2, 0.25) is 5.91 Å². The molecule has 2 N–H and O–H groups in total. The number of carbonyl (C=O) groups excluding carboxylic acids is 1. The molecule has 1 heterocycles. The van der Waals surface area contributed by atoms with Crippen LogP contribution >= 0.6 is 15.9 Å². The molecule has 15 heavy (non-hydrogen) atoms. The lowest BCUT2D eigenvalue weighted by Crippen LogP contribution is -2.33. The molecule has 4 nitrogen and oxygen atoms in total. The minimum atomic E-state index is -0.260. The number of nitrogens with one attached hydrogen (secondary N) is 1. The van der Waals surface area contributed by atoms with Crippen molar-refractivity contribution < 1.29 is 14.3 Å². The van der Waals surface area contributed by atoms with E-state index in [0.717, 1.165) is 0 Å². The number of amides is 1. The van der Waals surface area contributed by atoms with Gasteiger partial charge in [0.05, 0.1) is 6.61 Å². The average molecular weight is 274 g/mol. The molecular weight excluding hydrogens is 262 g/mol. The number of aliphatic hydroxyl groups is 1. The Hall–Kier alpha value is -1.07. The molecule has 1 amide bonds. The summed E-state index contributed by atoms with van der Waals surface area (Å²) in [6.45, 7) is 1.64. The fourth-order valence-corrected chi connectivity index (χ4v) is 1.23. The van der Waals surface area contributed by atoms with Crippen molar-refractivity contribution >= 4 is 27.9 Å². The van der Waals surface area contributed by atoms with E-state index in [2.05, 4.69) is 21.2 Å². The molecule has 0 bridgehead atoms. The second kappa shape index (κ2) is 5.72. The maximum absolute atomic E-state index is 11.2. The molecule has 1 unspecified atom stereocenters. The highest BCUT2D eigenvalue weighted by Gasteiger charge is 2.02. The fourth-order valence-electron chi connectivity index (χ4n) is 0.912. The van der Waals surface area contributed by atoms with Crippen LogP contribution in [0.4, 0.5) is 0 Å². The van der Waals surface area contributed by atoms with Gasteiger partial charge < -0.3 is 14.8 Å². The molecule has 1 aromatic heterocycles. The third-order valence-electron chi connectivity index (χ3n) is 1.66. The number of furan rings is 1. The minimum absolute atomic E-state index is 0.0775. The number of carbonyl (C=O) groups is 1. The summed E-state index contributed by atoms with van der Waals surface area (Å²) >= 11 is 3.16. The van der Waals surface area contributed by atoms with Crippen molar-refractivity contribution in [2.45, 2.75) is 13.0 Å². The molecule has 1 aromatic rings. The zero-order valence-corrected chi connectivity index (χ0v) is 9.82. The van der Waals surface area contributed by atoms with E-state index < -0.39 is 0 Å². The summed E-state index contributed by atoms with van der Waals surface area (Å²) < 4.78 is 5.78. The highest BCUT2D eigenvalue weighted by Crippen LogP contribution is 2.14. The molecule has 0 aliphatic carbocycles. The number of rotatable bonds is 4. The Morgan fingerprint density at radius 1 is 1.73 bits per heavy atom. The van der Waals surface area contributed by atoms with Crippen molar-refractivity contribution in [1.29, 1.82) is 0 Å². The number of hydrogen-bond acceptors (Lipinski definition) is 3. The SMILES string of the molecule is CC(CO)NC(=O)/C=C/c1ccc(Br)o1. The van der Waals surface area contributed by atoms with E-state index in [1.54, 1.807) is 25.1 Å². The molecule has 0 aromatic carbocycles. The Bertz CT molecular complexity index is 359. The Kier molecular flexibility index (Phi) is 4.58. The lowest BCUT2D eigenvalue weighted by Gasteiger charge is -2.07. The first-order chi connectivity index (χ1) is 7.11. The maximum atomic E-state index is 11.2. The van der Waals surface area contributed by atoms with Crippen LogP contribution in [0.1, 0.15) is 12.7 Å². The van der Waals surface area contributed by atoms with Gasteiger partial charge in [0.25, 0.3) is 0 Å². The van der Waals surface area contributed by atoms with Crippen LogP contribution in [0, 0.1) is 0 Å². The van der Waals surface area contributed by atoms with Crippen molar-refractivity contribution in [3.63, 3.8) is 0 Å². The minimum Gasteiger partial charge on any atom is -0.450 e. The second-order valence-corrected chi connectivity index (χ2v) is 3.85. The van der Waals surface area contributed by atoms with Gasteiger partial charge in [-0.25, -0.2) is 0 Å². The summed E-state index contributed by atoms with van der Waals surface area (Å²) in [6.07, 6.45) is 2.92. The Labute approximate surface area is 96.1 Å². The Balaban J connectivity index is 2.47. The van der Waals surface area contributed by atoms with Crippen LogP contribution in [-0.2, 0) is 4.79 Å². The predicted molar refractivity (Wildman–Crippen MR) is 60.1 cm³/mol. The molecule has 1 atom stereocenters. The normalized spacial score (nSPS) is 13.0. The number of hydrogen-bond donors (Lipinski definition) is 2. The zero-order chi connectivity index (χ0) is 11.3. The van der Waals surface area contributed by atoms with E-state index in [1.807, 2.05) is 0 Å². The Morgan fingerprint density at radius 2 is 2.47 bits per heavy atom. The monoisotopic (exact) mass is 273 g/mol.